The fourth-order valence-electron chi connectivity index (χ4n) is 4.10. The van der Waals surface area contributed by atoms with E-state index in [2.05, 4.69) is 49.4 Å². The molecule has 7 nitrogen and oxygen atoms in total. The standard InChI is InChI=1S/C22H29N5O2S.HI/c1-23-22(24-14-16-13-21(28)26-18-6-3-2-5-17(16)18)25-15-19(20-7-4-12-30-20)27-8-10-29-11-9-27;/h2-7,12,16,19H,8-11,13-15H2,1H3,(H,26,28)(H2,23,24,25);1H. The van der Waals surface area contributed by atoms with Gasteiger partial charge in [-0.3, -0.25) is 14.7 Å². The molecule has 3 heterocycles. The molecule has 1 aromatic carbocycles. The third-order valence-corrected chi connectivity index (χ3v) is 6.64. The van der Waals surface area contributed by atoms with Gasteiger partial charge in [-0.1, -0.05) is 24.3 Å². The first-order valence-corrected chi connectivity index (χ1v) is 11.3. The molecule has 1 saturated heterocycles. The number of thiophene rings is 1. The van der Waals surface area contributed by atoms with E-state index in [0.717, 1.165) is 44.5 Å². The van der Waals surface area contributed by atoms with Crippen LogP contribution in [0.1, 0.15) is 28.8 Å². The molecule has 1 fully saturated rings. The van der Waals surface area contributed by atoms with E-state index < -0.39 is 0 Å². The molecule has 2 aliphatic heterocycles. The van der Waals surface area contributed by atoms with Gasteiger partial charge in [-0.2, -0.15) is 0 Å². The van der Waals surface area contributed by atoms with Gasteiger partial charge in [0.25, 0.3) is 0 Å². The van der Waals surface area contributed by atoms with Crippen LogP contribution < -0.4 is 16.0 Å². The van der Waals surface area contributed by atoms with Crippen molar-refractivity contribution in [2.45, 2.75) is 18.4 Å². The average Bonchev–Trinajstić information content (AvgIpc) is 3.31. The van der Waals surface area contributed by atoms with Gasteiger partial charge in [0.2, 0.25) is 5.91 Å². The lowest BCUT2D eigenvalue weighted by atomic mass is 9.90. The minimum Gasteiger partial charge on any atom is -0.379 e. The second kappa shape index (κ2) is 11.8. The van der Waals surface area contributed by atoms with E-state index in [1.807, 2.05) is 18.2 Å². The largest absolute Gasteiger partial charge is 0.379 e. The highest BCUT2D eigenvalue weighted by molar-refractivity contribution is 14.0. The Morgan fingerprint density at radius 2 is 2.06 bits per heavy atom. The Morgan fingerprint density at radius 1 is 1.26 bits per heavy atom. The van der Waals surface area contributed by atoms with Gasteiger partial charge in [-0.15, -0.1) is 35.3 Å². The quantitative estimate of drug-likeness (QED) is 0.290. The number of nitrogens with one attached hydrogen (secondary N) is 3. The molecule has 1 amide bonds. The van der Waals surface area contributed by atoms with Crippen LogP contribution in [0, 0.1) is 0 Å². The molecular formula is C22H30IN5O2S. The number of carbonyl (C=O) groups excluding carboxylic acids is 1. The molecule has 0 saturated carbocycles. The number of benzene rings is 1. The van der Waals surface area contributed by atoms with Crippen molar-refractivity contribution in [1.82, 2.24) is 15.5 Å². The van der Waals surface area contributed by atoms with Crippen LogP contribution in [-0.4, -0.2) is 63.2 Å². The SMILES string of the molecule is CN=C(NCC1CC(=O)Nc2ccccc21)NCC(c1cccs1)N1CCOCC1.I. The van der Waals surface area contributed by atoms with Crippen LogP contribution in [0.4, 0.5) is 5.69 Å². The first-order valence-electron chi connectivity index (χ1n) is 10.4. The molecule has 2 aromatic rings. The molecule has 31 heavy (non-hydrogen) atoms. The number of amides is 1. The van der Waals surface area contributed by atoms with Crippen molar-refractivity contribution >= 4 is 52.9 Å². The zero-order valence-electron chi connectivity index (χ0n) is 17.7. The van der Waals surface area contributed by atoms with Gasteiger partial charge in [0.1, 0.15) is 0 Å². The van der Waals surface area contributed by atoms with Gasteiger partial charge in [0.05, 0.1) is 19.3 Å². The third kappa shape index (κ3) is 6.18. The Labute approximate surface area is 204 Å². The van der Waals surface area contributed by atoms with E-state index in [0.29, 0.717) is 13.0 Å². The molecule has 168 valence electrons. The zero-order valence-corrected chi connectivity index (χ0v) is 20.8. The number of nitrogens with zero attached hydrogens (tertiary/aromatic N) is 2. The number of hydrogen-bond acceptors (Lipinski definition) is 5. The molecule has 2 aliphatic rings. The zero-order chi connectivity index (χ0) is 20.8. The third-order valence-electron chi connectivity index (χ3n) is 5.67. The van der Waals surface area contributed by atoms with Gasteiger partial charge in [-0.25, -0.2) is 0 Å². The van der Waals surface area contributed by atoms with Crippen molar-refractivity contribution in [3.05, 3.63) is 52.2 Å². The molecule has 2 unspecified atom stereocenters. The molecule has 1 aromatic heterocycles. The van der Waals surface area contributed by atoms with Crippen molar-refractivity contribution in [3.63, 3.8) is 0 Å². The van der Waals surface area contributed by atoms with Crippen LogP contribution in [0.15, 0.2) is 46.8 Å². The lowest BCUT2D eigenvalue weighted by Crippen LogP contribution is -2.47. The maximum Gasteiger partial charge on any atom is 0.225 e. The van der Waals surface area contributed by atoms with Crippen molar-refractivity contribution < 1.29 is 9.53 Å². The number of aliphatic imine (C=N–C) groups is 1. The summed E-state index contributed by atoms with van der Waals surface area (Å²) in [6.45, 7) is 4.84. The predicted octanol–water partition coefficient (Wildman–Crippen LogP) is 3.03. The molecule has 3 N–H and O–H groups in total. The number of guanidine groups is 1. The summed E-state index contributed by atoms with van der Waals surface area (Å²) in [6, 6.07) is 12.6. The van der Waals surface area contributed by atoms with E-state index in [-0.39, 0.29) is 41.8 Å². The lowest BCUT2D eigenvalue weighted by Gasteiger charge is -2.34. The minimum atomic E-state index is 0. The molecule has 0 radical (unpaired) electrons. The number of fused-ring (bicyclic) bond motifs is 1. The molecular weight excluding hydrogens is 525 g/mol. The smallest absolute Gasteiger partial charge is 0.225 e. The van der Waals surface area contributed by atoms with E-state index in [1.54, 1.807) is 18.4 Å². The summed E-state index contributed by atoms with van der Waals surface area (Å²) in [7, 11) is 1.78. The van der Waals surface area contributed by atoms with E-state index >= 15 is 0 Å². The monoisotopic (exact) mass is 555 g/mol. The first kappa shape index (κ1) is 24.0. The van der Waals surface area contributed by atoms with E-state index in [1.165, 1.54) is 10.4 Å². The highest BCUT2D eigenvalue weighted by Crippen LogP contribution is 2.31. The lowest BCUT2D eigenvalue weighted by molar-refractivity contribution is -0.116. The second-order valence-corrected chi connectivity index (χ2v) is 8.53. The highest BCUT2D eigenvalue weighted by Gasteiger charge is 2.26. The number of ether oxygens (including phenoxy) is 1. The summed E-state index contributed by atoms with van der Waals surface area (Å²) in [6.07, 6.45) is 0.479. The Bertz CT molecular complexity index is 871. The fourth-order valence-corrected chi connectivity index (χ4v) is 4.96. The number of morpholine rings is 1. The van der Waals surface area contributed by atoms with Crippen LogP contribution in [0.5, 0.6) is 0 Å². The van der Waals surface area contributed by atoms with Crippen molar-refractivity contribution in [2.24, 2.45) is 4.99 Å². The molecule has 0 bridgehead atoms. The summed E-state index contributed by atoms with van der Waals surface area (Å²) in [5, 5.41) is 12.0. The van der Waals surface area contributed by atoms with Gasteiger partial charge in [0, 0.05) is 56.1 Å². The van der Waals surface area contributed by atoms with Gasteiger partial charge in [0.15, 0.2) is 5.96 Å². The summed E-state index contributed by atoms with van der Waals surface area (Å²) in [5.41, 5.74) is 2.08. The molecule has 0 aliphatic carbocycles. The molecule has 4 rings (SSSR count). The average molecular weight is 555 g/mol. The Hall–Kier alpha value is -1.69. The highest BCUT2D eigenvalue weighted by atomic mass is 127. The van der Waals surface area contributed by atoms with Gasteiger partial charge in [-0.05, 0) is 23.1 Å². The number of halogens is 1. The molecule has 0 spiro atoms. The van der Waals surface area contributed by atoms with Crippen molar-refractivity contribution in [2.75, 3.05) is 51.8 Å². The first-order chi connectivity index (χ1) is 14.7. The number of carbonyl (C=O) groups is 1. The van der Waals surface area contributed by atoms with Crippen molar-refractivity contribution in [1.29, 1.82) is 0 Å². The minimum absolute atomic E-state index is 0. The summed E-state index contributed by atoms with van der Waals surface area (Å²) >= 11 is 1.79. The Kier molecular flexibility index (Phi) is 9.12. The normalized spacial score (nSPS) is 20.2. The second-order valence-electron chi connectivity index (χ2n) is 7.55. The maximum absolute atomic E-state index is 12.1. The number of hydrogen-bond donors (Lipinski definition) is 3. The fraction of sp³-hybridized carbons (Fsp3) is 0.455. The summed E-state index contributed by atoms with van der Waals surface area (Å²) in [5.74, 6) is 0.947. The number of anilines is 1. The Balaban J connectivity index is 0.00000272. The van der Waals surface area contributed by atoms with Crippen LogP contribution in [-0.2, 0) is 9.53 Å². The predicted molar refractivity (Wildman–Crippen MR) is 137 cm³/mol. The van der Waals surface area contributed by atoms with E-state index in [4.69, 9.17) is 4.74 Å². The van der Waals surface area contributed by atoms with Gasteiger partial charge >= 0.3 is 0 Å². The van der Waals surface area contributed by atoms with Crippen LogP contribution in [0.3, 0.4) is 0 Å². The summed E-state index contributed by atoms with van der Waals surface area (Å²) in [4.78, 5) is 20.3. The van der Waals surface area contributed by atoms with Crippen LogP contribution >= 0.6 is 35.3 Å². The molecule has 9 heteroatoms. The van der Waals surface area contributed by atoms with Gasteiger partial charge < -0.3 is 20.7 Å². The Morgan fingerprint density at radius 3 is 2.81 bits per heavy atom. The number of rotatable bonds is 6. The van der Waals surface area contributed by atoms with Crippen LogP contribution in [0.25, 0.3) is 0 Å². The van der Waals surface area contributed by atoms with Crippen molar-refractivity contribution in [3.8, 4) is 0 Å². The summed E-state index contributed by atoms with van der Waals surface area (Å²) < 4.78 is 5.53. The van der Waals surface area contributed by atoms with E-state index in [9.17, 15) is 4.79 Å². The molecule has 2 atom stereocenters. The number of para-hydroxylation sites is 1. The topological polar surface area (TPSA) is 78.0 Å². The van der Waals surface area contributed by atoms with Crippen LogP contribution in [0.2, 0.25) is 0 Å². The maximum atomic E-state index is 12.1.